The van der Waals surface area contributed by atoms with Gasteiger partial charge in [0.2, 0.25) is 11.8 Å². The second-order valence-corrected chi connectivity index (χ2v) is 7.06. The van der Waals surface area contributed by atoms with Crippen LogP contribution in [0.4, 0.5) is 5.69 Å². The van der Waals surface area contributed by atoms with Gasteiger partial charge in [0.05, 0.1) is 26.4 Å². The van der Waals surface area contributed by atoms with E-state index in [2.05, 4.69) is 10.3 Å². The van der Waals surface area contributed by atoms with E-state index < -0.39 is 0 Å². The zero-order valence-electron chi connectivity index (χ0n) is 16.2. The van der Waals surface area contributed by atoms with Gasteiger partial charge in [-0.05, 0) is 30.3 Å². The molecule has 0 aliphatic carbocycles. The topological polar surface area (TPSA) is 90.0 Å². The Kier molecular flexibility index (Phi) is 5.62. The van der Waals surface area contributed by atoms with Crippen molar-refractivity contribution in [2.45, 2.75) is 25.0 Å². The van der Waals surface area contributed by atoms with Gasteiger partial charge >= 0.3 is 0 Å². The first-order chi connectivity index (χ1) is 14.1. The molecule has 1 aromatic carbocycles. The number of hydrogen-bond donors (Lipinski definition) is 1. The van der Waals surface area contributed by atoms with Crippen LogP contribution in [0.3, 0.4) is 0 Å². The Morgan fingerprint density at radius 3 is 2.83 bits per heavy atom. The number of hydrogen-bond acceptors (Lipinski definition) is 6. The van der Waals surface area contributed by atoms with E-state index in [9.17, 15) is 9.59 Å². The number of methoxy groups -OCH3 is 1. The Hall–Kier alpha value is -3.13. The summed E-state index contributed by atoms with van der Waals surface area (Å²) in [7, 11) is 1.60. The average molecular weight is 397 g/mol. The minimum absolute atomic E-state index is 0.0274. The summed E-state index contributed by atoms with van der Waals surface area (Å²) in [6, 6.07) is 10.3. The predicted molar refractivity (Wildman–Crippen MR) is 105 cm³/mol. The van der Waals surface area contributed by atoms with E-state index in [1.807, 2.05) is 24.3 Å². The molecule has 29 heavy (non-hydrogen) atoms. The fourth-order valence-electron chi connectivity index (χ4n) is 3.48. The first-order valence-corrected chi connectivity index (χ1v) is 9.58. The number of aromatic nitrogens is 1. The maximum atomic E-state index is 12.7. The van der Waals surface area contributed by atoms with Crippen molar-refractivity contribution < 1.29 is 23.8 Å². The minimum Gasteiger partial charge on any atom is -0.497 e. The van der Waals surface area contributed by atoms with Gasteiger partial charge in [-0.2, -0.15) is 0 Å². The Bertz CT molecular complexity index is 880. The van der Waals surface area contributed by atoms with Gasteiger partial charge in [0.1, 0.15) is 11.9 Å². The van der Waals surface area contributed by atoms with Crippen LogP contribution in [0, 0.1) is 0 Å². The molecule has 1 N–H and O–H groups in total. The third-order valence-corrected chi connectivity index (χ3v) is 5.02. The highest BCUT2D eigenvalue weighted by Crippen LogP contribution is 2.24. The maximum absolute atomic E-state index is 12.7. The molecule has 8 heteroatoms. The molecule has 2 aliphatic rings. The summed E-state index contributed by atoms with van der Waals surface area (Å²) in [5, 5.41) is 2.93. The highest BCUT2D eigenvalue weighted by Gasteiger charge is 2.32. The molecule has 8 nitrogen and oxygen atoms in total. The van der Waals surface area contributed by atoms with E-state index in [4.69, 9.17) is 14.2 Å². The molecule has 2 saturated heterocycles. The molecule has 0 bridgehead atoms. The van der Waals surface area contributed by atoms with Gasteiger partial charge < -0.3 is 24.4 Å². The van der Waals surface area contributed by atoms with Crippen LogP contribution >= 0.6 is 0 Å². The molecule has 2 fully saturated rings. The Morgan fingerprint density at radius 1 is 1.28 bits per heavy atom. The summed E-state index contributed by atoms with van der Waals surface area (Å²) in [6.07, 6.45) is 2.57. The van der Waals surface area contributed by atoms with Gasteiger partial charge in [-0.1, -0.05) is 0 Å². The van der Waals surface area contributed by atoms with Crippen molar-refractivity contribution in [3.05, 3.63) is 48.2 Å². The summed E-state index contributed by atoms with van der Waals surface area (Å²) in [4.78, 5) is 30.9. The number of ether oxygens (including phenoxy) is 3. The van der Waals surface area contributed by atoms with Crippen molar-refractivity contribution >= 4 is 17.5 Å². The second kappa shape index (κ2) is 8.48. The molecule has 2 aliphatic heterocycles. The van der Waals surface area contributed by atoms with Crippen LogP contribution < -0.4 is 19.7 Å². The zero-order valence-corrected chi connectivity index (χ0v) is 16.2. The van der Waals surface area contributed by atoms with Crippen LogP contribution in [0.15, 0.2) is 42.6 Å². The van der Waals surface area contributed by atoms with E-state index in [1.165, 1.54) is 0 Å². The smallest absolute Gasteiger partial charge is 0.251 e. The number of benzene rings is 1. The van der Waals surface area contributed by atoms with Gasteiger partial charge in [-0.25, -0.2) is 4.98 Å². The van der Waals surface area contributed by atoms with E-state index in [0.717, 1.165) is 17.9 Å². The third kappa shape index (κ3) is 4.48. The Labute approximate surface area is 168 Å². The fourth-order valence-corrected chi connectivity index (χ4v) is 3.48. The van der Waals surface area contributed by atoms with Crippen LogP contribution in [0.5, 0.6) is 11.6 Å². The molecule has 3 heterocycles. The second-order valence-electron chi connectivity index (χ2n) is 7.06. The number of pyridine rings is 1. The maximum Gasteiger partial charge on any atom is 0.251 e. The lowest BCUT2D eigenvalue weighted by Gasteiger charge is -2.18. The molecular formula is C21H23N3O5. The van der Waals surface area contributed by atoms with Crippen LogP contribution in [0.1, 0.15) is 23.2 Å². The number of rotatable bonds is 6. The molecule has 0 saturated carbocycles. The summed E-state index contributed by atoms with van der Waals surface area (Å²) in [5.41, 5.74) is 1.23. The van der Waals surface area contributed by atoms with Gasteiger partial charge in [0, 0.05) is 42.9 Å². The van der Waals surface area contributed by atoms with Crippen molar-refractivity contribution in [2.75, 3.05) is 31.8 Å². The normalized spacial score (nSPS) is 21.3. The van der Waals surface area contributed by atoms with Gasteiger partial charge in [-0.15, -0.1) is 0 Å². The largest absolute Gasteiger partial charge is 0.497 e. The SMILES string of the molecule is COc1ccc(N2CC(NC(=O)c3ccnc(OC4CCOC4)c3)CC2=O)cc1. The van der Waals surface area contributed by atoms with Gasteiger partial charge in [0.15, 0.2) is 0 Å². The van der Waals surface area contributed by atoms with Crippen molar-refractivity contribution in [1.82, 2.24) is 10.3 Å². The molecular weight excluding hydrogens is 374 g/mol. The number of carbonyl (C=O) groups excluding carboxylic acids is 2. The fraction of sp³-hybridized carbons (Fsp3) is 0.381. The van der Waals surface area contributed by atoms with Crippen LogP contribution in [-0.2, 0) is 9.53 Å². The number of amides is 2. The third-order valence-electron chi connectivity index (χ3n) is 5.02. The molecule has 0 spiro atoms. The van der Waals surface area contributed by atoms with Crippen molar-refractivity contribution in [3.63, 3.8) is 0 Å². The Morgan fingerprint density at radius 2 is 2.10 bits per heavy atom. The first kappa shape index (κ1) is 19.2. The number of nitrogens with one attached hydrogen (secondary N) is 1. The molecule has 1 aromatic heterocycles. The van der Waals surface area contributed by atoms with E-state index in [0.29, 0.717) is 31.2 Å². The molecule has 2 aromatic rings. The minimum atomic E-state index is -0.266. The lowest BCUT2D eigenvalue weighted by Crippen LogP contribution is -2.37. The lowest BCUT2D eigenvalue weighted by molar-refractivity contribution is -0.117. The number of anilines is 1. The zero-order chi connectivity index (χ0) is 20.2. The first-order valence-electron chi connectivity index (χ1n) is 9.58. The van der Waals surface area contributed by atoms with Gasteiger partial charge in [0.25, 0.3) is 5.91 Å². The lowest BCUT2D eigenvalue weighted by atomic mass is 10.2. The number of carbonyl (C=O) groups is 2. The van der Waals surface area contributed by atoms with Crippen LogP contribution in [0.25, 0.3) is 0 Å². The van der Waals surface area contributed by atoms with Crippen LogP contribution in [0.2, 0.25) is 0 Å². The van der Waals surface area contributed by atoms with E-state index >= 15 is 0 Å². The van der Waals surface area contributed by atoms with Crippen molar-refractivity contribution in [2.24, 2.45) is 0 Å². The molecule has 2 amide bonds. The standard InChI is InChI=1S/C21H23N3O5/c1-27-17-4-2-16(3-5-17)24-12-15(11-20(24)25)23-21(26)14-6-8-22-19(10-14)29-18-7-9-28-13-18/h2-6,8,10,15,18H,7,9,11-13H2,1H3,(H,23,26). The summed E-state index contributed by atoms with van der Waals surface area (Å²) in [5.74, 6) is 0.843. The quantitative estimate of drug-likeness (QED) is 0.799. The molecule has 0 radical (unpaired) electrons. The average Bonchev–Trinajstić information content (AvgIpc) is 3.37. The van der Waals surface area contributed by atoms with Crippen molar-refractivity contribution in [3.8, 4) is 11.6 Å². The molecule has 152 valence electrons. The highest BCUT2D eigenvalue weighted by molar-refractivity contribution is 5.99. The predicted octanol–water partition coefficient (Wildman–Crippen LogP) is 1.79. The molecule has 4 rings (SSSR count). The highest BCUT2D eigenvalue weighted by atomic mass is 16.5. The van der Waals surface area contributed by atoms with Crippen LogP contribution in [-0.4, -0.2) is 55.8 Å². The van der Waals surface area contributed by atoms with Gasteiger partial charge in [-0.3, -0.25) is 9.59 Å². The van der Waals surface area contributed by atoms with E-state index in [-0.39, 0.29) is 30.4 Å². The monoisotopic (exact) mass is 397 g/mol. The Balaban J connectivity index is 1.37. The van der Waals surface area contributed by atoms with E-state index in [1.54, 1.807) is 30.3 Å². The summed E-state index contributed by atoms with van der Waals surface area (Å²) in [6.45, 7) is 1.62. The summed E-state index contributed by atoms with van der Waals surface area (Å²) >= 11 is 0. The summed E-state index contributed by atoms with van der Waals surface area (Å²) < 4.78 is 16.2. The molecule has 2 unspecified atom stereocenters. The number of nitrogens with zero attached hydrogens (tertiary/aromatic N) is 2. The van der Waals surface area contributed by atoms with Crippen molar-refractivity contribution in [1.29, 1.82) is 0 Å². The molecule has 2 atom stereocenters.